The second-order valence-electron chi connectivity index (χ2n) is 5.11. The Kier molecular flexibility index (Phi) is 4.93. The first-order valence-electron chi connectivity index (χ1n) is 6.83. The molecule has 1 aromatic heterocycles. The quantitative estimate of drug-likeness (QED) is 0.836. The highest BCUT2D eigenvalue weighted by molar-refractivity contribution is 7.92. The van der Waals surface area contributed by atoms with Crippen molar-refractivity contribution in [3.8, 4) is 5.75 Å². The maximum absolute atomic E-state index is 12.4. The molecule has 0 aliphatic heterocycles. The number of hydrogen-bond acceptors (Lipinski definition) is 5. The molecule has 2 aromatic rings. The van der Waals surface area contributed by atoms with Crippen LogP contribution in [0.25, 0.3) is 0 Å². The minimum absolute atomic E-state index is 0.154. The largest absolute Gasteiger partial charge is 0.496 e. The Morgan fingerprint density at radius 2 is 1.88 bits per heavy atom. The summed E-state index contributed by atoms with van der Waals surface area (Å²) in [6.07, 6.45) is 2.41. The van der Waals surface area contributed by atoms with Crippen LogP contribution in [0.4, 0.5) is 11.4 Å². The Morgan fingerprint density at radius 1 is 1.21 bits per heavy atom. The molecule has 0 fully saturated rings. The highest BCUT2D eigenvalue weighted by Gasteiger charge is 2.15. The van der Waals surface area contributed by atoms with Gasteiger partial charge >= 0.3 is 0 Å². The number of methoxy groups -OCH3 is 1. The summed E-state index contributed by atoms with van der Waals surface area (Å²) in [6.45, 7) is 0. The molecule has 0 radical (unpaired) electrons. The van der Waals surface area contributed by atoms with E-state index < -0.39 is 15.9 Å². The van der Waals surface area contributed by atoms with E-state index in [4.69, 9.17) is 4.74 Å². The maximum atomic E-state index is 12.4. The molecule has 0 aliphatic rings. The van der Waals surface area contributed by atoms with Crippen molar-refractivity contribution in [1.29, 1.82) is 0 Å². The minimum atomic E-state index is -3.42. The lowest BCUT2D eigenvalue weighted by molar-refractivity contribution is 0.102. The monoisotopic (exact) mass is 351 g/mol. The highest BCUT2D eigenvalue weighted by Crippen LogP contribution is 2.20. The van der Waals surface area contributed by atoms with Crippen LogP contribution < -0.4 is 20.3 Å². The van der Waals surface area contributed by atoms with E-state index in [2.05, 4.69) is 10.0 Å². The molecule has 2 rings (SSSR count). The number of pyridine rings is 1. The number of sulfonamides is 1. The molecule has 0 atom stereocenters. The zero-order valence-corrected chi connectivity index (χ0v) is 14.2. The number of nitrogens with zero attached hydrogens (tertiary/aromatic N) is 1. The third-order valence-electron chi connectivity index (χ3n) is 3.08. The summed E-state index contributed by atoms with van der Waals surface area (Å²) in [5.74, 6) is -0.333. The summed E-state index contributed by atoms with van der Waals surface area (Å²) >= 11 is 0. The molecule has 0 unspecified atom stereocenters. The van der Waals surface area contributed by atoms with Gasteiger partial charge in [0, 0.05) is 25.0 Å². The SMILES string of the molecule is COc1cc(=O)n(C)cc1C(=O)Nc1cccc(NS(C)(=O)=O)c1. The molecule has 2 N–H and O–H groups in total. The van der Waals surface area contributed by atoms with Crippen LogP contribution in [-0.4, -0.2) is 32.3 Å². The zero-order chi connectivity index (χ0) is 17.9. The van der Waals surface area contributed by atoms with Crippen LogP contribution in [0.15, 0.2) is 41.3 Å². The van der Waals surface area contributed by atoms with Crippen LogP contribution in [0.3, 0.4) is 0 Å². The van der Waals surface area contributed by atoms with Crippen molar-refractivity contribution in [3.05, 3.63) is 52.4 Å². The fourth-order valence-electron chi connectivity index (χ4n) is 2.02. The summed E-state index contributed by atoms with van der Waals surface area (Å²) in [7, 11) is -0.530. The number of hydrogen-bond donors (Lipinski definition) is 2. The first-order valence-corrected chi connectivity index (χ1v) is 8.72. The Bertz CT molecular complexity index is 934. The Hall–Kier alpha value is -2.81. The van der Waals surface area contributed by atoms with Crippen molar-refractivity contribution in [3.63, 3.8) is 0 Å². The summed E-state index contributed by atoms with van der Waals surface area (Å²) in [4.78, 5) is 24.0. The number of aromatic nitrogens is 1. The molecule has 24 heavy (non-hydrogen) atoms. The van der Waals surface area contributed by atoms with Crippen molar-refractivity contribution in [1.82, 2.24) is 4.57 Å². The first kappa shape index (κ1) is 17.5. The van der Waals surface area contributed by atoms with Gasteiger partial charge in [0.1, 0.15) is 5.75 Å². The first-order chi connectivity index (χ1) is 11.2. The summed E-state index contributed by atoms with van der Waals surface area (Å²) in [6, 6.07) is 7.47. The molecular weight excluding hydrogens is 334 g/mol. The van der Waals surface area contributed by atoms with E-state index in [1.807, 2.05) is 0 Å². The molecule has 0 saturated heterocycles. The number of rotatable bonds is 5. The number of amides is 1. The predicted molar refractivity (Wildman–Crippen MR) is 91.1 cm³/mol. The topological polar surface area (TPSA) is 106 Å². The molecular formula is C15H17N3O5S. The lowest BCUT2D eigenvalue weighted by atomic mass is 10.2. The van der Waals surface area contributed by atoms with E-state index in [1.54, 1.807) is 18.2 Å². The molecule has 9 heteroatoms. The second kappa shape index (κ2) is 6.75. The average molecular weight is 351 g/mol. The number of aryl methyl sites for hydroxylation is 1. The van der Waals surface area contributed by atoms with Gasteiger partial charge in [-0.05, 0) is 18.2 Å². The van der Waals surface area contributed by atoms with Crippen molar-refractivity contribution in [2.75, 3.05) is 23.4 Å². The fourth-order valence-corrected chi connectivity index (χ4v) is 2.58. The average Bonchev–Trinajstić information content (AvgIpc) is 2.48. The maximum Gasteiger partial charge on any atom is 0.260 e. The van der Waals surface area contributed by atoms with E-state index in [0.29, 0.717) is 11.4 Å². The number of nitrogens with one attached hydrogen (secondary N) is 2. The number of anilines is 2. The van der Waals surface area contributed by atoms with Crippen LogP contribution >= 0.6 is 0 Å². The number of benzene rings is 1. The fraction of sp³-hybridized carbons (Fsp3) is 0.200. The van der Waals surface area contributed by atoms with Crippen molar-refractivity contribution < 1.29 is 17.9 Å². The van der Waals surface area contributed by atoms with Gasteiger partial charge in [-0.25, -0.2) is 8.42 Å². The molecule has 128 valence electrons. The van der Waals surface area contributed by atoms with Crippen LogP contribution in [-0.2, 0) is 17.1 Å². The van der Waals surface area contributed by atoms with Gasteiger partial charge < -0.3 is 14.6 Å². The summed E-state index contributed by atoms with van der Waals surface area (Å²) < 4.78 is 31.2. The molecule has 1 heterocycles. The smallest absolute Gasteiger partial charge is 0.260 e. The van der Waals surface area contributed by atoms with Crippen molar-refractivity contribution >= 4 is 27.3 Å². The van der Waals surface area contributed by atoms with Gasteiger partial charge in [0.05, 0.1) is 24.6 Å². The molecule has 0 saturated carbocycles. The predicted octanol–water partition coefficient (Wildman–Crippen LogP) is 1.02. The van der Waals surface area contributed by atoms with Gasteiger partial charge in [0.2, 0.25) is 10.0 Å². The number of carbonyl (C=O) groups excluding carboxylic acids is 1. The highest BCUT2D eigenvalue weighted by atomic mass is 32.2. The zero-order valence-electron chi connectivity index (χ0n) is 13.4. The van der Waals surface area contributed by atoms with E-state index >= 15 is 0 Å². The summed E-state index contributed by atoms with van der Waals surface area (Å²) in [5, 5.41) is 2.64. The molecule has 0 aliphatic carbocycles. The van der Waals surface area contributed by atoms with Gasteiger partial charge in [0.15, 0.2) is 0 Å². The lowest BCUT2D eigenvalue weighted by Crippen LogP contribution is -2.21. The third-order valence-corrected chi connectivity index (χ3v) is 3.69. The van der Waals surface area contributed by atoms with Gasteiger partial charge in [-0.1, -0.05) is 6.07 Å². The van der Waals surface area contributed by atoms with Crippen molar-refractivity contribution in [2.24, 2.45) is 7.05 Å². The molecule has 0 bridgehead atoms. The second-order valence-corrected chi connectivity index (χ2v) is 6.86. The molecule has 8 nitrogen and oxygen atoms in total. The minimum Gasteiger partial charge on any atom is -0.496 e. The molecule has 0 spiro atoms. The number of carbonyl (C=O) groups is 1. The van der Waals surface area contributed by atoms with Gasteiger partial charge in [-0.15, -0.1) is 0 Å². The van der Waals surface area contributed by atoms with Gasteiger partial charge in [0.25, 0.3) is 11.5 Å². The van der Waals surface area contributed by atoms with Gasteiger partial charge in [-0.2, -0.15) is 0 Å². The van der Waals surface area contributed by atoms with Gasteiger partial charge in [-0.3, -0.25) is 14.3 Å². The van der Waals surface area contributed by atoms with E-state index in [9.17, 15) is 18.0 Å². The Balaban J connectivity index is 2.29. The Morgan fingerprint density at radius 3 is 2.50 bits per heavy atom. The lowest BCUT2D eigenvalue weighted by Gasteiger charge is -2.11. The number of ether oxygens (including phenoxy) is 1. The van der Waals surface area contributed by atoms with Crippen LogP contribution in [0, 0.1) is 0 Å². The summed E-state index contributed by atoms with van der Waals surface area (Å²) in [5.41, 5.74) is 0.594. The Labute approximate surface area is 139 Å². The molecule has 1 aromatic carbocycles. The van der Waals surface area contributed by atoms with E-state index in [0.717, 1.165) is 6.26 Å². The van der Waals surface area contributed by atoms with E-state index in [-0.39, 0.29) is 16.9 Å². The van der Waals surface area contributed by atoms with E-state index in [1.165, 1.54) is 37.1 Å². The van der Waals surface area contributed by atoms with Crippen LogP contribution in [0.2, 0.25) is 0 Å². The molecule has 1 amide bonds. The standard InChI is InChI=1S/C15H17N3O5S/c1-18-9-12(13(23-2)8-14(18)19)15(20)16-10-5-4-6-11(7-10)17-24(3,21)22/h4-9,17H,1-3H3,(H,16,20). The third kappa shape index (κ3) is 4.35. The van der Waals surface area contributed by atoms with Crippen LogP contribution in [0.1, 0.15) is 10.4 Å². The van der Waals surface area contributed by atoms with Crippen molar-refractivity contribution in [2.45, 2.75) is 0 Å². The van der Waals surface area contributed by atoms with Crippen LogP contribution in [0.5, 0.6) is 5.75 Å². The normalized spacial score (nSPS) is 11.0.